The third-order valence-electron chi connectivity index (χ3n) is 11.6. The highest BCUT2D eigenvalue weighted by Gasteiger charge is 2.22. The highest BCUT2D eigenvalue weighted by molar-refractivity contribution is 7.26. The Balaban J connectivity index is 0.00000136. The Bertz CT molecular complexity index is 3530. The second-order valence-corrected chi connectivity index (χ2v) is 16.4. The molecule has 4 heteroatoms. The third-order valence-corrected chi connectivity index (χ3v) is 12.8. The van der Waals surface area contributed by atoms with Gasteiger partial charge < -0.3 is 4.57 Å². The lowest BCUT2D eigenvalue weighted by molar-refractivity contribution is 1.17. The quantitative estimate of drug-likeness (QED) is 0.128. The number of fused-ring (bicyclic) bond motifs is 12. The molecule has 61 heavy (non-hydrogen) atoms. The minimum atomic E-state index is 0.701. The number of thiophene rings is 1. The van der Waals surface area contributed by atoms with E-state index >= 15 is 0 Å². The summed E-state index contributed by atoms with van der Waals surface area (Å²) in [6.45, 7) is 5.25. The van der Waals surface area contributed by atoms with Gasteiger partial charge in [-0.15, -0.1) is 17.9 Å². The molecule has 0 unspecified atom stereocenters. The monoisotopic (exact) mass is 797 g/mol. The predicted molar refractivity (Wildman–Crippen MR) is 262 cm³/mol. The van der Waals surface area contributed by atoms with Crippen molar-refractivity contribution in [1.29, 1.82) is 0 Å². The molecule has 3 aromatic heterocycles. The molecule has 0 aliphatic heterocycles. The third kappa shape index (κ3) is 6.19. The minimum Gasteiger partial charge on any atom is -0.309 e. The van der Waals surface area contributed by atoms with Crippen LogP contribution in [-0.2, 0) is 0 Å². The van der Waals surface area contributed by atoms with Crippen LogP contribution >= 0.6 is 11.3 Å². The van der Waals surface area contributed by atoms with E-state index in [4.69, 9.17) is 9.97 Å². The zero-order valence-corrected chi connectivity index (χ0v) is 34.4. The van der Waals surface area contributed by atoms with Gasteiger partial charge in [-0.2, -0.15) is 0 Å². The van der Waals surface area contributed by atoms with Crippen LogP contribution in [0.3, 0.4) is 0 Å². The predicted octanol–water partition coefficient (Wildman–Crippen LogP) is 16.1. The van der Waals surface area contributed by atoms with Crippen molar-refractivity contribution in [2.24, 2.45) is 0 Å². The standard InChI is InChI=1S/C54H33N3S.C3H6/c1-4-14-34(15-5-1)38-26-31-49-45(32-38)44-29-30-48-51(53(44)58-49)50-42-22-12-10-20-40(42)41-21-11-13-23-43(41)52(50)57(48)39-27-24-37(25-28-39)54-55-46(35-16-6-2-7-17-35)33-47(56-54)36-18-8-3-9-19-36;1-3-2/h1-33H;3H,1H2,2H3. The van der Waals surface area contributed by atoms with Crippen LogP contribution in [0, 0.1) is 0 Å². The van der Waals surface area contributed by atoms with E-state index in [1.54, 1.807) is 6.08 Å². The summed E-state index contributed by atoms with van der Waals surface area (Å²) < 4.78 is 5.10. The summed E-state index contributed by atoms with van der Waals surface area (Å²) in [5.41, 5.74) is 10.9. The molecule has 0 saturated carbocycles. The molecule has 0 N–H and O–H groups in total. The largest absolute Gasteiger partial charge is 0.309 e. The van der Waals surface area contributed by atoms with Gasteiger partial charge in [0.1, 0.15) is 0 Å². The summed E-state index contributed by atoms with van der Waals surface area (Å²) >= 11 is 1.90. The second kappa shape index (κ2) is 15.2. The van der Waals surface area contributed by atoms with Crippen molar-refractivity contribution >= 4 is 74.9 Å². The number of aromatic nitrogens is 3. The van der Waals surface area contributed by atoms with Crippen LogP contribution in [0.1, 0.15) is 6.92 Å². The average molecular weight is 798 g/mol. The van der Waals surface area contributed by atoms with Gasteiger partial charge in [-0.3, -0.25) is 0 Å². The molecule has 0 amide bonds. The summed E-state index contributed by atoms with van der Waals surface area (Å²) in [5, 5.41) is 10.2. The van der Waals surface area contributed by atoms with Crippen LogP contribution in [0.25, 0.3) is 114 Å². The van der Waals surface area contributed by atoms with E-state index < -0.39 is 0 Å². The summed E-state index contributed by atoms with van der Waals surface area (Å²) in [6, 6.07) is 71.8. The SMILES string of the molecule is C=CC.c1ccc(-c2ccc3sc4c(ccc5c4c4c6ccccc6c6ccccc6c4n5-c4ccc(-c5nc(-c6ccccc6)cc(-c6ccccc6)n5)cc4)c3c2)cc1. The number of allylic oxidation sites excluding steroid dienone is 1. The van der Waals surface area contributed by atoms with Crippen LogP contribution in [0.2, 0.25) is 0 Å². The van der Waals surface area contributed by atoms with Crippen LogP contribution in [0.4, 0.5) is 0 Å². The van der Waals surface area contributed by atoms with E-state index in [9.17, 15) is 0 Å². The highest BCUT2D eigenvalue weighted by atomic mass is 32.1. The number of nitrogens with zero attached hydrogens (tertiary/aromatic N) is 3. The van der Waals surface area contributed by atoms with E-state index in [0.717, 1.165) is 33.8 Å². The smallest absolute Gasteiger partial charge is 0.160 e. The maximum Gasteiger partial charge on any atom is 0.160 e. The first-order chi connectivity index (χ1) is 30.2. The van der Waals surface area contributed by atoms with Crippen LogP contribution in [-0.4, -0.2) is 14.5 Å². The fraction of sp³-hybridized carbons (Fsp3) is 0.0175. The molecular formula is C57H39N3S. The Labute approximate surface area is 358 Å². The Morgan fingerprint density at radius 2 is 0.967 bits per heavy atom. The first kappa shape index (κ1) is 36.4. The molecule has 9 aromatic carbocycles. The lowest BCUT2D eigenvalue weighted by Crippen LogP contribution is -1.97. The van der Waals surface area contributed by atoms with Crippen molar-refractivity contribution < 1.29 is 0 Å². The Hall–Kier alpha value is -7.66. The van der Waals surface area contributed by atoms with E-state index in [-0.39, 0.29) is 0 Å². The van der Waals surface area contributed by atoms with Gasteiger partial charge in [0.2, 0.25) is 0 Å². The molecule has 0 bridgehead atoms. The van der Waals surface area contributed by atoms with Crippen molar-refractivity contribution in [3.05, 3.63) is 213 Å². The van der Waals surface area contributed by atoms with Crippen molar-refractivity contribution in [2.45, 2.75) is 6.92 Å². The van der Waals surface area contributed by atoms with Crippen molar-refractivity contribution in [3.8, 4) is 50.7 Å². The van der Waals surface area contributed by atoms with Gasteiger partial charge in [-0.25, -0.2) is 9.97 Å². The molecule has 0 atom stereocenters. The van der Waals surface area contributed by atoms with Gasteiger partial charge >= 0.3 is 0 Å². The number of hydrogen-bond donors (Lipinski definition) is 0. The molecule has 0 saturated heterocycles. The first-order valence-corrected chi connectivity index (χ1v) is 21.5. The number of benzene rings is 9. The molecule has 0 spiro atoms. The van der Waals surface area contributed by atoms with Gasteiger partial charge in [0.25, 0.3) is 0 Å². The zero-order chi connectivity index (χ0) is 40.9. The number of rotatable bonds is 5. The maximum atomic E-state index is 5.13. The summed E-state index contributed by atoms with van der Waals surface area (Å²) in [7, 11) is 0. The molecule has 0 radical (unpaired) electrons. The van der Waals surface area contributed by atoms with Gasteiger partial charge in [0.15, 0.2) is 5.82 Å². The highest BCUT2D eigenvalue weighted by Crippen LogP contribution is 2.48. The molecule has 0 fully saturated rings. The normalized spacial score (nSPS) is 11.4. The molecule has 12 aromatic rings. The molecule has 3 heterocycles. The van der Waals surface area contributed by atoms with Crippen molar-refractivity contribution in [2.75, 3.05) is 0 Å². The summed E-state index contributed by atoms with van der Waals surface area (Å²) in [5.74, 6) is 0.701. The fourth-order valence-corrected chi connectivity index (χ4v) is 10.1. The van der Waals surface area contributed by atoms with Gasteiger partial charge in [-0.05, 0) is 82.7 Å². The number of hydrogen-bond acceptors (Lipinski definition) is 3. The summed E-state index contributed by atoms with van der Waals surface area (Å²) in [6.07, 6.45) is 1.75. The summed E-state index contributed by atoms with van der Waals surface area (Å²) in [4.78, 5) is 10.3. The lowest BCUT2D eigenvalue weighted by atomic mass is 9.96. The van der Waals surface area contributed by atoms with Gasteiger partial charge in [0, 0.05) is 58.7 Å². The lowest BCUT2D eigenvalue weighted by Gasteiger charge is -2.13. The van der Waals surface area contributed by atoms with Crippen LogP contribution in [0.5, 0.6) is 0 Å². The van der Waals surface area contributed by atoms with E-state index in [1.165, 1.54) is 74.6 Å². The van der Waals surface area contributed by atoms with Crippen molar-refractivity contribution in [1.82, 2.24) is 14.5 Å². The van der Waals surface area contributed by atoms with Gasteiger partial charge in [-0.1, -0.05) is 158 Å². The topological polar surface area (TPSA) is 30.7 Å². The Morgan fingerprint density at radius 3 is 1.59 bits per heavy atom. The maximum absolute atomic E-state index is 5.13. The molecule has 0 aliphatic rings. The zero-order valence-electron chi connectivity index (χ0n) is 33.6. The van der Waals surface area contributed by atoms with E-state index in [1.807, 2.05) is 30.4 Å². The van der Waals surface area contributed by atoms with Gasteiger partial charge in [0.05, 0.1) is 22.4 Å². The van der Waals surface area contributed by atoms with E-state index in [2.05, 4.69) is 199 Å². The average Bonchev–Trinajstić information content (AvgIpc) is 3.89. The fourth-order valence-electron chi connectivity index (χ4n) is 8.91. The first-order valence-electron chi connectivity index (χ1n) is 20.6. The molecule has 288 valence electrons. The molecule has 3 nitrogen and oxygen atoms in total. The van der Waals surface area contributed by atoms with E-state index in [0.29, 0.717) is 5.82 Å². The molecular weight excluding hydrogens is 759 g/mol. The van der Waals surface area contributed by atoms with Crippen molar-refractivity contribution in [3.63, 3.8) is 0 Å². The second-order valence-electron chi connectivity index (χ2n) is 15.3. The van der Waals surface area contributed by atoms with Crippen LogP contribution < -0.4 is 0 Å². The molecule has 0 aliphatic carbocycles. The Kier molecular flexibility index (Phi) is 9.06. The molecule has 12 rings (SSSR count). The van der Waals surface area contributed by atoms with Crippen LogP contribution in [0.15, 0.2) is 213 Å². The Morgan fingerprint density at radius 1 is 0.443 bits per heavy atom. The minimum absolute atomic E-state index is 0.701.